The molecule has 12 aromatic rings. The molecule has 0 unspecified atom stereocenters. The second kappa shape index (κ2) is 14.7. The van der Waals surface area contributed by atoms with Crippen LogP contribution in [0.5, 0.6) is 0 Å². The largest absolute Gasteiger partial charge is 0.344 e. The first-order chi connectivity index (χ1) is 27.5. The van der Waals surface area contributed by atoms with Gasteiger partial charge in [-0.2, -0.15) is 0 Å². The van der Waals surface area contributed by atoms with Crippen molar-refractivity contribution in [2.24, 2.45) is 28.2 Å². The van der Waals surface area contributed by atoms with Gasteiger partial charge in [-0.1, -0.05) is 146 Å². The first-order valence-electron chi connectivity index (χ1n) is 19.2. The van der Waals surface area contributed by atoms with Gasteiger partial charge in [-0.25, -0.2) is 0 Å². The summed E-state index contributed by atoms with van der Waals surface area (Å²) in [5.74, 6) is 0. The average Bonchev–Trinajstić information content (AvgIpc) is 3.94. The lowest BCUT2D eigenvalue weighted by Crippen LogP contribution is -1.84. The third-order valence-corrected chi connectivity index (χ3v) is 11.3. The average molecular weight is 725 g/mol. The minimum absolute atomic E-state index is 1.30. The Balaban J connectivity index is 0.0000000975. The zero-order valence-electron chi connectivity index (χ0n) is 32.3. The van der Waals surface area contributed by atoms with Crippen LogP contribution in [0.2, 0.25) is 0 Å². The minimum Gasteiger partial charge on any atom is -0.344 e. The summed E-state index contributed by atoms with van der Waals surface area (Å²) in [6.07, 6.45) is 0. The second-order valence-corrected chi connectivity index (χ2v) is 14.4. The summed E-state index contributed by atoms with van der Waals surface area (Å²) in [6.45, 7) is 0. The number of benzene rings is 8. The van der Waals surface area contributed by atoms with Gasteiger partial charge in [-0.05, 0) is 48.5 Å². The maximum absolute atomic E-state index is 2.24. The number of aryl methyl sites for hydroxylation is 4. The number of fused-ring (bicyclic) bond motifs is 12. The van der Waals surface area contributed by atoms with Gasteiger partial charge >= 0.3 is 0 Å². The minimum atomic E-state index is 1.30. The molecule has 0 spiro atoms. The molecule has 4 heterocycles. The van der Waals surface area contributed by atoms with Gasteiger partial charge < -0.3 is 18.3 Å². The van der Waals surface area contributed by atoms with Crippen LogP contribution in [0, 0.1) is 0 Å². The molecular weight excluding hydrogens is 681 g/mol. The molecule has 0 aliphatic heterocycles. The summed E-state index contributed by atoms with van der Waals surface area (Å²) < 4.78 is 8.96. The standard InChI is InChI=1S/4C13H11N/c4*1-14-12-8-4-2-6-10(12)11-7-3-5-9-13(11)14/h4*2-9H,1H3. The molecule has 0 aliphatic rings. The van der Waals surface area contributed by atoms with E-state index in [2.05, 4.69) is 241 Å². The molecule has 0 amide bonds. The monoisotopic (exact) mass is 724 g/mol. The molecule has 0 N–H and O–H groups in total. The first-order valence-corrected chi connectivity index (χ1v) is 19.2. The molecule has 0 saturated carbocycles. The summed E-state index contributed by atoms with van der Waals surface area (Å²) in [5.41, 5.74) is 10.4. The van der Waals surface area contributed by atoms with Gasteiger partial charge in [0.2, 0.25) is 0 Å². The SMILES string of the molecule is Cn1c2ccccc2c2ccccc21.Cn1c2ccccc2c2ccccc21.Cn1c2ccccc2c2ccccc21.Cn1c2ccccc2c2ccccc21. The highest BCUT2D eigenvalue weighted by atomic mass is 14.9. The maximum atomic E-state index is 2.24. The highest BCUT2D eigenvalue weighted by molar-refractivity contribution is 6.10. The summed E-state index contributed by atoms with van der Waals surface area (Å²) >= 11 is 0. The van der Waals surface area contributed by atoms with Crippen LogP contribution in [0.1, 0.15) is 0 Å². The molecule has 4 heteroatoms. The molecule has 8 aromatic carbocycles. The fourth-order valence-corrected chi connectivity index (χ4v) is 8.47. The van der Waals surface area contributed by atoms with Crippen LogP contribution in [0.25, 0.3) is 87.2 Å². The highest BCUT2D eigenvalue weighted by Gasteiger charge is 2.08. The molecule has 0 bridgehead atoms. The van der Waals surface area contributed by atoms with Gasteiger partial charge in [0, 0.05) is 115 Å². The number of nitrogens with zero attached hydrogens (tertiary/aromatic N) is 4. The molecule has 4 nitrogen and oxygen atoms in total. The molecule has 56 heavy (non-hydrogen) atoms. The van der Waals surface area contributed by atoms with Crippen molar-refractivity contribution >= 4 is 87.2 Å². The number of para-hydroxylation sites is 8. The molecule has 12 rings (SSSR count). The van der Waals surface area contributed by atoms with E-state index in [1.807, 2.05) is 0 Å². The van der Waals surface area contributed by atoms with Gasteiger partial charge in [-0.3, -0.25) is 0 Å². The molecule has 0 atom stereocenters. The van der Waals surface area contributed by atoms with Gasteiger partial charge in [-0.15, -0.1) is 0 Å². The van der Waals surface area contributed by atoms with Crippen molar-refractivity contribution in [3.05, 3.63) is 194 Å². The van der Waals surface area contributed by atoms with E-state index in [-0.39, 0.29) is 0 Å². The van der Waals surface area contributed by atoms with Crippen LogP contribution < -0.4 is 0 Å². The summed E-state index contributed by atoms with van der Waals surface area (Å²) in [5, 5.41) is 10.7. The third-order valence-electron chi connectivity index (χ3n) is 11.3. The van der Waals surface area contributed by atoms with E-state index < -0.39 is 0 Å². The van der Waals surface area contributed by atoms with Crippen LogP contribution in [-0.2, 0) is 28.2 Å². The summed E-state index contributed by atoms with van der Waals surface area (Å²) in [7, 11) is 8.46. The van der Waals surface area contributed by atoms with Gasteiger partial charge in [0.25, 0.3) is 0 Å². The number of hydrogen-bond donors (Lipinski definition) is 0. The van der Waals surface area contributed by atoms with Crippen molar-refractivity contribution in [2.45, 2.75) is 0 Å². The predicted octanol–water partition coefficient (Wildman–Crippen LogP) is 13.3. The maximum Gasteiger partial charge on any atom is 0.0488 e. The highest BCUT2D eigenvalue weighted by Crippen LogP contribution is 2.30. The van der Waals surface area contributed by atoms with Gasteiger partial charge in [0.15, 0.2) is 0 Å². The Morgan fingerprint density at radius 2 is 0.286 bits per heavy atom. The lowest BCUT2D eigenvalue weighted by Gasteiger charge is -1.95. The molecule has 0 radical (unpaired) electrons. The van der Waals surface area contributed by atoms with E-state index in [4.69, 9.17) is 0 Å². The van der Waals surface area contributed by atoms with E-state index in [0.717, 1.165) is 0 Å². The topological polar surface area (TPSA) is 19.7 Å². The predicted molar refractivity (Wildman–Crippen MR) is 242 cm³/mol. The van der Waals surface area contributed by atoms with Crippen molar-refractivity contribution in [3.63, 3.8) is 0 Å². The fourth-order valence-electron chi connectivity index (χ4n) is 8.47. The number of aromatic nitrogens is 4. The molecule has 272 valence electrons. The third kappa shape index (κ3) is 5.96. The normalized spacial score (nSPS) is 11.2. The molecular formula is C52H44N4. The van der Waals surface area contributed by atoms with Crippen LogP contribution in [0.4, 0.5) is 0 Å². The van der Waals surface area contributed by atoms with E-state index in [0.29, 0.717) is 0 Å². The van der Waals surface area contributed by atoms with E-state index in [1.54, 1.807) is 0 Å². The first kappa shape index (κ1) is 34.7. The van der Waals surface area contributed by atoms with Crippen LogP contribution in [0.15, 0.2) is 194 Å². The van der Waals surface area contributed by atoms with Crippen LogP contribution in [0.3, 0.4) is 0 Å². The van der Waals surface area contributed by atoms with E-state index >= 15 is 0 Å². The van der Waals surface area contributed by atoms with Crippen LogP contribution >= 0.6 is 0 Å². The summed E-state index contributed by atoms with van der Waals surface area (Å²) in [6, 6.07) is 68.1. The quantitative estimate of drug-likeness (QED) is 0.148. The van der Waals surface area contributed by atoms with Gasteiger partial charge in [0.05, 0.1) is 0 Å². The molecule has 0 aliphatic carbocycles. The Labute approximate surface area is 326 Å². The Morgan fingerprint density at radius 3 is 0.411 bits per heavy atom. The Bertz CT molecular complexity index is 2650. The zero-order chi connectivity index (χ0) is 38.2. The number of rotatable bonds is 0. The van der Waals surface area contributed by atoms with Crippen molar-refractivity contribution in [1.29, 1.82) is 0 Å². The molecule has 0 fully saturated rings. The van der Waals surface area contributed by atoms with Crippen molar-refractivity contribution in [3.8, 4) is 0 Å². The summed E-state index contributed by atoms with van der Waals surface area (Å²) in [4.78, 5) is 0. The smallest absolute Gasteiger partial charge is 0.0488 e. The number of hydrogen-bond acceptors (Lipinski definition) is 0. The van der Waals surface area contributed by atoms with Crippen molar-refractivity contribution in [1.82, 2.24) is 18.3 Å². The Kier molecular flexibility index (Phi) is 9.08. The lowest BCUT2D eigenvalue weighted by atomic mass is 10.2. The molecule has 0 saturated heterocycles. The second-order valence-electron chi connectivity index (χ2n) is 14.4. The van der Waals surface area contributed by atoms with E-state index in [9.17, 15) is 0 Å². The molecule has 4 aromatic heterocycles. The zero-order valence-corrected chi connectivity index (χ0v) is 32.3. The van der Waals surface area contributed by atoms with Crippen LogP contribution in [-0.4, -0.2) is 18.3 Å². The van der Waals surface area contributed by atoms with E-state index in [1.165, 1.54) is 87.2 Å². The fraction of sp³-hybridized carbons (Fsp3) is 0.0769. The Morgan fingerprint density at radius 1 is 0.179 bits per heavy atom. The van der Waals surface area contributed by atoms with Crippen molar-refractivity contribution < 1.29 is 0 Å². The Hall–Kier alpha value is -7.04. The lowest BCUT2D eigenvalue weighted by molar-refractivity contribution is 1.01. The van der Waals surface area contributed by atoms with Crippen molar-refractivity contribution in [2.75, 3.05) is 0 Å². The van der Waals surface area contributed by atoms with Gasteiger partial charge in [0.1, 0.15) is 0 Å².